The molecule has 172 valence electrons. The third-order valence-electron chi connectivity index (χ3n) is 4.65. The van der Waals surface area contributed by atoms with Crippen LogP contribution in [0.25, 0.3) is 0 Å². The molecule has 0 bridgehead atoms. The van der Waals surface area contributed by atoms with Gasteiger partial charge in [0.1, 0.15) is 31.3 Å². The smallest absolute Gasteiger partial charge is 0.286 e. The Morgan fingerprint density at radius 1 is 1.52 bits per heavy atom. The van der Waals surface area contributed by atoms with E-state index in [1.54, 1.807) is 0 Å². The Kier molecular flexibility index (Phi) is 6.19. The lowest BCUT2D eigenvalue weighted by molar-refractivity contribution is -0.693. The molecule has 2 aromatic heterocycles. The predicted molar refractivity (Wildman–Crippen MR) is 109 cm³/mol. The van der Waals surface area contributed by atoms with Gasteiger partial charge in [-0.05, 0) is 0 Å². The van der Waals surface area contributed by atoms with Crippen molar-refractivity contribution in [1.82, 2.24) is 24.6 Å². The van der Waals surface area contributed by atoms with Crippen molar-refractivity contribution in [1.29, 1.82) is 0 Å². The number of carboxylic acids is 1. The lowest BCUT2D eigenvalue weighted by Crippen LogP contribution is -2.71. The fraction of sp³-hybridized carbons (Fsp3) is 0.294. The molecule has 2 aliphatic rings. The van der Waals surface area contributed by atoms with Gasteiger partial charge in [-0.3, -0.25) is 14.5 Å². The minimum absolute atomic E-state index is 0.00381. The van der Waals surface area contributed by atoms with Crippen molar-refractivity contribution in [3.63, 3.8) is 0 Å². The van der Waals surface area contributed by atoms with Crippen LogP contribution < -0.4 is 20.7 Å². The Hall–Kier alpha value is -3.66. The fourth-order valence-electron chi connectivity index (χ4n) is 3.33. The summed E-state index contributed by atoms with van der Waals surface area (Å²) in [4.78, 5) is 50.7. The second kappa shape index (κ2) is 9.07. The average molecular weight is 494 g/mol. The van der Waals surface area contributed by atoms with Crippen LogP contribution in [-0.2, 0) is 25.8 Å². The number of nitrogens with two attached hydrogens (primary N) is 1. The number of amides is 2. The summed E-state index contributed by atoms with van der Waals surface area (Å²) in [5.74, 6) is -3.46. The number of β-lactam (4-membered cyclic amide) rings is 1. The lowest BCUT2D eigenvalue weighted by atomic mass is 10.0. The van der Waals surface area contributed by atoms with E-state index in [-0.39, 0.29) is 34.7 Å². The van der Waals surface area contributed by atoms with Crippen molar-refractivity contribution >= 4 is 51.9 Å². The minimum Gasteiger partial charge on any atom is -0.543 e. The molecule has 13 nitrogen and oxygen atoms in total. The summed E-state index contributed by atoms with van der Waals surface area (Å²) in [5.41, 5.74) is 5.28. The molecule has 1 fully saturated rings. The maximum Gasteiger partial charge on any atom is 0.286 e. The average Bonchev–Trinajstić information content (AvgIpc) is 3.21. The molecule has 33 heavy (non-hydrogen) atoms. The third-order valence-corrected chi connectivity index (χ3v) is 6.54. The van der Waals surface area contributed by atoms with Gasteiger partial charge in [0, 0.05) is 22.9 Å². The van der Waals surface area contributed by atoms with Gasteiger partial charge in [0.2, 0.25) is 17.4 Å². The molecule has 0 aliphatic carbocycles. The molecule has 2 atom stereocenters. The normalized spacial score (nSPS) is 20.2. The number of fused-ring (bicyclic) bond motifs is 1. The highest BCUT2D eigenvalue weighted by Crippen LogP contribution is 2.40. The monoisotopic (exact) mass is 494 g/mol. The molecule has 1 saturated heterocycles. The van der Waals surface area contributed by atoms with Crippen LogP contribution in [0.15, 0.2) is 35.1 Å². The van der Waals surface area contributed by atoms with Crippen molar-refractivity contribution in [2.45, 2.75) is 18.0 Å². The van der Waals surface area contributed by atoms with Gasteiger partial charge in [-0.15, -0.1) is 11.8 Å². The number of thioether (sulfide) groups is 1. The fourth-order valence-corrected chi connectivity index (χ4v) is 5.10. The second-order valence-electron chi connectivity index (χ2n) is 6.76. The zero-order chi connectivity index (χ0) is 23.7. The third kappa shape index (κ3) is 4.34. The first kappa shape index (κ1) is 22.5. The number of aromatic nitrogens is 4. The molecule has 1 unspecified atom stereocenters. The zero-order valence-electron chi connectivity index (χ0n) is 16.8. The number of anilines is 1. The number of nitrogen functional groups attached to an aromatic ring is 1. The summed E-state index contributed by atoms with van der Waals surface area (Å²) < 4.78 is 18.7. The van der Waals surface area contributed by atoms with E-state index >= 15 is 0 Å². The number of aliphatic carboxylic acids is 1. The minimum atomic E-state index is -1.55. The van der Waals surface area contributed by atoms with E-state index in [1.807, 2.05) is 0 Å². The van der Waals surface area contributed by atoms with Gasteiger partial charge in [-0.2, -0.15) is 13.7 Å². The second-order valence-corrected chi connectivity index (χ2v) is 8.65. The Balaban J connectivity index is 1.54. The van der Waals surface area contributed by atoms with Gasteiger partial charge in [-0.1, -0.05) is 10.1 Å². The van der Waals surface area contributed by atoms with Gasteiger partial charge < -0.3 is 25.8 Å². The number of hydrogen-bond donors (Lipinski definition) is 2. The highest BCUT2D eigenvalue weighted by atomic mass is 32.2. The molecule has 4 rings (SSSR count). The molecule has 16 heteroatoms. The Morgan fingerprint density at radius 3 is 2.94 bits per heavy atom. The molecular formula is C17H15FN8O5S2. The first-order chi connectivity index (χ1) is 15.8. The standard InChI is InChI=1S/C17H15FN8O5S2/c1-31-23-9(12-22-17(19)33-24-12)13(27)21-10-14(28)26-11(16(29)30)7(5-32-15(10)26)3-25-4-8(18)2-20-6-25/h2,4,6,10,15H,3,5H2,1H3,(H3-,19,21,22,24,27,29,30)/b23-9-/t10-,15?/m1/s1. The molecule has 2 amide bonds. The molecule has 3 N–H and O–H groups in total. The molecule has 2 aliphatic heterocycles. The molecule has 0 aromatic carbocycles. The molecule has 0 radical (unpaired) electrons. The predicted octanol–water partition coefficient (Wildman–Crippen LogP) is -2.60. The number of oxime groups is 1. The quantitative estimate of drug-likeness (QED) is 0.179. The summed E-state index contributed by atoms with van der Waals surface area (Å²) in [6.07, 6.45) is 3.50. The molecule has 0 saturated carbocycles. The largest absolute Gasteiger partial charge is 0.543 e. The number of rotatable bonds is 7. The number of nitrogens with zero attached hydrogens (tertiary/aromatic N) is 6. The number of carbonyl (C=O) groups is 3. The van der Waals surface area contributed by atoms with Crippen LogP contribution in [0.5, 0.6) is 0 Å². The van der Waals surface area contributed by atoms with Gasteiger partial charge in [0.25, 0.3) is 18.1 Å². The molecule has 4 heterocycles. The highest BCUT2D eigenvalue weighted by molar-refractivity contribution is 8.00. The number of halogens is 1. The van der Waals surface area contributed by atoms with E-state index in [9.17, 15) is 23.9 Å². The summed E-state index contributed by atoms with van der Waals surface area (Å²) in [5, 5.41) is 17.4. The topological polar surface area (TPSA) is 180 Å². The van der Waals surface area contributed by atoms with E-state index in [0.717, 1.165) is 28.8 Å². The van der Waals surface area contributed by atoms with Crippen molar-refractivity contribution in [3.8, 4) is 0 Å². The first-order valence-corrected chi connectivity index (χ1v) is 11.0. The van der Waals surface area contributed by atoms with Gasteiger partial charge in [-0.25, -0.2) is 4.57 Å². The van der Waals surface area contributed by atoms with E-state index < -0.39 is 35.0 Å². The molecule has 2 aromatic rings. The van der Waals surface area contributed by atoms with Crippen molar-refractivity contribution in [2.75, 3.05) is 18.6 Å². The summed E-state index contributed by atoms with van der Waals surface area (Å²) in [7, 11) is 1.22. The summed E-state index contributed by atoms with van der Waals surface area (Å²) in [6, 6.07) is -1.03. The molecule has 0 spiro atoms. The maximum atomic E-state index is 13.4. The maximum absolute atomic E-state index is 13.4. The van der Waals surface area contributed by atoms with E-state index in [4.69, 9.17) is 5.73 Å². The summed E-state index contributed by atoms with van der Waals surface area (Å²) >= 11 is 2.09. The van der Waals surface area contributed by atoms with E-state index in [2.05, 4.69) is 29.7 Å². The number of carboxylic acid groups (broad SMARTS) is 1. The Bertz CT molecular complexity index is 1200. The zero-order valence-corrected chi connectivity index (χ0v) is 18.4. The number of nitrogens with one attached hydrogen (secondary N) is 1. The van der Waals surface area contributed by atoms with Gasteiger partial charge >= 0.3 is 0 Å². The number of carbonyl (C=O) groups excluding carboxylic acids is 3. The van der Waals surface area contributed by atoms with E-state index in [0.29, 0.717) is 5.57 Å². The van der Waals surface area contributed by atoms with Crippen LogP contribution in [0, 0.1) is 5.82 Å². The van der Waals surface area contributed by atoms with Crippen LogP contribution in [0.4, 0.5) is 9.52 Å². The SMILES string of the molecule is CO/N=C(\C(=O)N[C@@H]1C(=O)N2C(C(=O)[O-])=C(C[n+]3cncc(F)c3)CSC12)c1nsc(N)n1. The van der Waals surface area contributed by atoms with Crippen LogP contribution in [0.1, 0.15) is 5.82 Å². The number of hydrogen-bond acceptors (Lipinski definition) is 12. The van der Waals surface area contributed by atoms with Crippen LogP contribution in [-0.4, -0.2) is 67.0 Å². The van der Waals surface area contributed by atoms with Crippen molar-refractivity contribution in [2.24, 2.45) is 5.16 Å². The van der Waals surface area contributed by atoms with Crippen LogP contribution in [0.2, 0.25) is 0 Å². The highest BCUT2D eigenvalue weighted by Gasteiger charge is 2.53. The Morgan fingerprint density at radius 2 is 2.30 bits per heavy atom. The van der Waals surface area contributed by atoms with Gasteiger partial charge in [0.15, 0.2) is 11.3 Å². The van der Waals surface area contributed by atoms with Gasteiger partial charge in [0.05, 0.1) is 11.7 Å². The first-order valence-electron chi connectivity index (χ1n) is 9.19. The van der Waals surface area contributed by atoms with E-state index in [1.165, 1.54) is 29.8 Å². The summed E-state index contributed by atoms with van der Waals surface area (Å²) in [6.45, 7) is -0.00381. The van der Waals surface area contributed by atoms with Crippen molar-refractivity contribution in [3.05, 3.63) is 41.6 Å². The Labute approximate surface area is 193 Å². The van der Waals surface area contributed by atoms with Crippen LogP contribution >= 0.6 is 23.3 Å². The van der Waals surface area contributed by atoms with Crippen LogP contribution in [0.3, 0.4) is 0 Å². The molecular weight excluding hydrogens is 479 g/mol. The lowest BCUT2D eigenvalue weighted by Gasteiger charge is -2.50. The van der Waals surface area contributed by atoms with Crippen molar-refractivity contribution < 1.29 is 33.3 Å².